The van der Waals surface area contributed by atoms with E-state index in [1.165, 1.54) is 0 Å². The first kappa shape index (κ1) is 23.6. The number of carbonyl (C=O) groups excluding carboxylic acids is 1. The summed E-state index contributed by atoms with van der Waals surface area (Å²) in [6.07, 6.45) is 6.01. The molecule has 0 spiro atoms. The van der Waals surface area contributed by atoms with Crippen LogP contribution in [0.25, 0.3) is 6.08 Å². The Morgan fingerprint density at radius 1 is 1.12 bits per heavy atom. The van der Waals surface area contributed by atoms with Gasteiger partial charge in [-0.2, -0.15) is 0 Å². The van der Waals surface area contributed by atoms with Crippen LogP contribution in [0, 0.1) is 0 Å². The monoisotopic (exact) mass is 471 g/mol. The van der Waals surface area contributed by atoms with E-state index in [0.717, 1.165) is 44.3 Å². The minimum absolute atomic E-state index is 0.140. The number of nitrogens with zero attached hydrogens (tertiary/aromatic N) is 1. The number of unbranched alkanes of at least 4 members (excludes halogenated alkanes) is 2. The van der Waals surface area contributed by atoms with Crippen molar-refractivity contribution in [3.05, 3.63) is 57.3 Å². The van der Waals surface area contributed by atoms with Crippen LogP contribution in [-0.2, 0) is 17.9 Å². The summed E-state index contributed by atoms with van der Waals surface area (Å²) >= 11 is 6.27. The zero-order chi connectivity index (χ0) is 23.4. The number of halogens is 1. The van der Waals surface area contributed by atoms with Crippen LogP contribution in [0.5, 0.6) is 17.2 Å². The number of rotatable bonds is 9. The van der Waals surface area contributed by atoms with Gasteiger partial charge in [0, 0.05) is 22.7 Å². The summed E-state index contributed by atoms with van der Waals surface area (Å²) in [5, 5.41) is 11.2. The third-order valence-corrected chi connectivity index (χ3v) is 6.16. The number of hydrogen-bond donors (Lipinski definition) is 1. The number of fused-ring (bicyclic) bond motifs is 2. The molecule has 0 fully saturated rings. The molecule has 2 heterocycles. The maximum absolute atomic E-state index is 13.2. The van der Waals surface area contributed by atoms with Crippen LogP contribution >= 0.6 is 11.6 Å². The first-order valence-corrected chi connectivity index (χ1v) is 11.9. The van der Waals surface area contributed by atoms with Gasteiger partial charge in [-0.1, -0.05) is 38.3 Å². The van der Waals surface area contributed by atoms with Crippen LogP contribution in [0.3, 0.4) is 0 Å². The molecule has 7 heteroatoms. The fraction of sp³-hybridized carbons (Fsp3) is 0.423. The average Bonchev–Trinajstić information content (AvgIpc) is 3.12. The Bertz CT molecular complexity index is 1060. The lowest BCUT2D eigenvalue weighted by Crippen LogP contribution is -2.25. The molecule has 1 N–H and O–H groups in total. The molecule has 0 bridgehead atoms. The molecule has 2 aliphatic heterocycles. The number of aromatic hydroxyl groups is 1. The number of Topliss-reactive ketones (excluding diaryl/α,β-unsaturated/α-hetero) is 1. The number of carbonyl (C=O) groups is 1. The average molecular weight is 472 g/mol. The minimum Gasteiger partial charge on any atom is -0.507 e. The molecule has 6 nitrogen and oxygen atoms in total. The minimum atomic E-state index is -0.222. The van der Waals surface area contributed by atoms with Crippen molar-refractivity contribution < 1.29 is 24.1 Å². The van der Waals surface area contributed by atoms with Gasteiger partial charge in [-0.25, -0.2) is 0 Å². The van der Waals surface area contributed by atoms with E-state index in [4.69, 9.17) is 25.8 Å². The summed E-state index contributed by atoms with van der Waals surface area (Å²) in [5.41, 5.74) is 2.59. The molecular formula is C26H30ClNO5. The van der Waals surface area contributed by atoms with Gasteiger partial charge in [-0.15, -0.1) is 0 Å². The van der Waals surface area contributed by atoms with E-state index in [-0.39, 0.29) is 24.1 Å². The standard InChI is InChI=1S/C26H30ClNO5/c1-3-5-9-28(10-6-4-2)14-21-22(29)8-7-20-24(30)23(33-26(20)21)13-17-11-19(27)12-18-15-31-16-32-25(17)18/h7-8,11-13,29H,3-6,9-10,14-16H2,1-2H3/b23-13+. The molecule has 2 aromatic rings. The largest absolute Gasteiger partial charge is 0.507 e. The highest BCUT2D eigenvalue weighted by Gasteiger charge is 2.32. The van der Waals surface area contributed by atoms with Crippen molar-refractivity contribution in [1.29, 1.82) is 0 Å². The lowest BCUT2D eigenvalue weighted by atomic mass is 10.0. The van der Waals surface area contributed by atoms with Crippen molar-refractivity contribution >= 4 is 23.5 Å². The normalized spacial score (nSPS) is 16.0. The second-order valence-electron chi connectivity index (χ2n) is 8.46. The van der Waals surface area contributed by atoms with Gasteiger partial charge in [0.15, 0.2) is 12.6 Å². The second-order valence-corrected chi connectivity index (χ2v) is 8.89. The molecule has 0 saturated carbocycles. The Labute approximate surface area is 199 Å². The van der Waals surface area contributed by atoms with Gasteiger partial charge < -0.3 is 19.3 Å². The van der Waals surface area contributed by atoms with Gasteiger partial charge in [-0.3, -0.25) is 9.69 Å². The first-order chi connectivity index (χ1) is 16.0. The molecule has 0 amide bonds. The van der Waals surface area contributed by atoms with Crippen molar-refractivity contribution in [2.24, 2.45) is 0 Å². The number of benzene rings is 2. The quantitative estimate of drug-likeness (QED) is 0.457. The Balaban J connectivity index is 1.65. The molecular weight excluding hydrogens is 442 g/mol. The molecule has 2 aromatic carbocycles. The van der Waals surface area contributed by atoms with Crippen LogP contribution in [0.15, 0.2) is 30.0 Å². The maximum atomic E-state index is 13.2. The first-order valence-electron chi connectivity index (χ1n) is 11.6. The second kappa shape index (κ2) is 10.6. The molecule has 0 aliphatic carbocycles. The van der Waals surface area contributed by atoms with Crippen LogP contribution in [0.2, 0.25) is 5.02 Å². The smallest absolute Gasteiger partial charge is 0.231 e. The SMILES string of the molecule is CCCCN(CCCC)Cc1c(O)ccc2c1O/C(=C/c1cc(Cl)cc3c1OCOC3)C2=O. The predicted octanol–water partition coefficient (Wildman–Crippen LogP) is 5.93. The van der Waals surface area contributed by atoms with Crippen LogP contribution < -0.4 is 9.47 Å². The van der Waals surface area contributed by atoms with Gasteiger partial charge >= 0.3 is 0 Å². The number of ether oxygens (including phenoxy) is 3. The third-order valence-electron chi connectivity index (χ3n) is 5.94. The highest BCUT2D eigenvalue weighted by atomic mass is 35.5. The summed E-state index contributed by atoms with van der Waals surface area (Å²) in [5.74, 6) is 1.18. The van der Waals surface area contributed by atoms with Crippen molar-refractivity contribution in [1.82, 2.24) is 4.90 Å². The van der Waals surface area contributed by atoms with Gasteiger partial charge in [0.2, 0.25) is 5.78 Å². The van der Waals surface area contributed by atoms with Crippen LogP contribution in [0.1, 0.15) is 66.6 Å². The van der Waals surface area contributed by atoms with Gasteiger partial charge in [-0.05, 0) is 56.3 Å². The molecule has 33 heavy (non-hydrogen) atoms. The van der Waals surface area contributed by atoms with Crippen molar-refractivity contribution in [3.63, 3.8) is 0 Å². The van der Waals surface area contributed by atoms with Gasteiger partial charge in [0.1, 0.15) is 17.2 Å². The highest BCUT2D eigenvalue weighted by molar-refractivity contribution is 6.31. The van der Waals surface area contributed by atoms with E-state index < -0.39 is 0 Å². The Morgan fingerprint density at radius 2 is 1.88 bits per heavy atom. The van der Waals surface area contributed by atoms with Crippen LogP contribution in [-0.4, -0.2) is 35.7 Å². The summed E-state index contributed by atoms with van der Waals surface area (Å²) in [7, 11) is 0. The summed E-state index contributed by atoms with van der Waals surface area (Å²) < 4.78 is 17.1. The molecule has 0 saturated heterocycles. The van der Waals surface area contributed by atoms with E-state index in [2.05, 4.69) is 18.7 Å². The van der Waals surface area contributed by atoms with Gasteiger partial charge in [0.05, 0.1) is 17.7 Å². The number of hydrogen-bond acceptors (Lipinski definition) is 6. The molecule has 176 valence electrons. The number of phenolic OH excluding ortho intramolecular Hbond substituents is 1. The number of allylic oxidation sites excluding steroid dienone is 1. The van der Waals surface area contributed by atoms with E-state index in [0.29, 0.717) is 46.4 Å². The predicted molar refractivity (Wildman–Crippen MR) is 128 cm³/mol. The number of phenols is 1. The van der Waals surface area contributed by atoms with Crippen molar-refractivity contribution in [2.45, 2.75) is 52.7 Å². The zero-order valence-corrected chi connectivity index (χ0v) is 19.9. The highest BCUT2D eigenvalue weighted by Crippen LogP contribution is 2.41. The fourth-order valence-corrected chi connectivity index (χ4v) is 4.41. The summed E-state index contributed by atoms with van der Waals surface area (Å²) in [4.78, 5) is 15.5. The molecule has 0 atom stereocenters. The van der Waals surface area contributed by atoms with E-state index in [1.807, 2.05) is 0 Å². The van der Waals surface area contributed by atoms with Crippen LogP contribution in [0.4, 0.5) is 0 Å². The molecule has 4 rings (SSSR count). The Hall–Kier alpha value is -2.54. The molecule has 0 radical (unpaired) electrons. The zero-order valence-electron chi connectivity index (χ0n) is 19.2. The molecule has 0 aromatic heterocycles. The maximum Gasteiger partial charge on any atom is 0.231 e. The Kier molecular flexibility index (Phi) is 7.58. The molecule has 0 unspecified atom stereocenters. The van der Waals surface area contributed by atoms with E-state index in [1.54, 1.807) is 30.3 Å². The van der Waals surface area contributed by atoms with Crippen molar-refractivity contribution in [3.8, 4) is 17.2 Å². The Morgan fingerprint density at radius 3 is 2.61 bits per heavy atom. The third kappa shape index (κ3) is 5.18. The lowest BCUT2D eigenvalue weighted by Gasteiger charge is -2.23. The summed E-state index contributed by atoms with van der Waals surface area (Å²) in [6.45, 7) is 7.27. The topological polar surface area (TPSA) is 68.2 Å². The van der Waals surface area contributed by atoms with E-state index >= 15 is 0 Å². The lowest BCUT2D eigenvalue weighted by molar-refractivity contribution is -0.0165. The van der Waals surface area contributed by atoms with Crippen molar-refractivity contribution in [2.75, 3.05) is 19.9 Å². The van der Waals surface area contributed by atoms with E-state index in [9.17, 15) is 9.90 Å². The number of ketones is 1. The summed E-state index contributed by atoms with van der Waals surface area (Å²) in [6, 6.07) is 6.74. The molecule has 2 aliphatic rings. The van der Waals surface area contributed by atoms with Gasteiger partial charge in [0.25, 0.3) is 0 Å². The fourth-order valence-electron chi connectivity index (χ4n) is 4.16.